The zero-order valence-corrected chi connectivity index (χ0v) is 17.4. The van der Waals surface area contributed by atoms with Crippen molar-refractivity contribution in [1.29, 1.82) is 0 Å². The number of nitrogens with zero attached hydrogens (tertiary/aromatic N) is 2. The van der Waals surface area contributed by atoms with Crippen LogP contribution in [0, 0.1) is 5.92 Å². The molecule has 0 spiro atoms. The zero-order valence-electron chi connectivity index (χ0n) is 17.4. The molecule has 28 heavy (non-hydrogen) atoms. The molecule has 0 radical (unpaired) electrons. The molecule has 3 heteroatoms. The lowest BCUT2D eigenvalue weighted by Gasteiger charge is -2.29. The van der Waals surface area contributed by atoms with E-state index in [1.807, 2.05) is 6.07 Å². The Hall–Kier alpha value is -1.84. The molecule has 0 bridgehead atoms. The highest BCUT2D eigenvalue weighted by molar-refractivity contribution is 5.29. The lowest BCUT2D eigenvalue weighted by Crippen LogP contribution is -2.30. The van der Waals surface area contributed by atoms with Crippen LogP contribution in [0.1, 0.15) is 42.4 Å². The summed E-state index contributed by atoms with van der Waals surface area (Å²) in [6.07, 6.45) is 6.59. The van der Waals surface area contributed by atoms with E-state index in [1.54, 1.807) is 7.11 Å². The predicted octanol–water partition coefficient (Wildman–Crippen LogP) is 4.74. The van der Waals surface area contributed by atoms with Crippen LogP contribution < -0.4 is 4.74 Å². The van der Waals surface area contributed by atoms with Crippen molar-refractivity contribution in [3.63, 3.8) is 0 Å². The summed E-state index contributed by atoms with van der Waals surface area (Å²) in [4.78, 5) is 5.08. The van der Waals surface area contributed by atoms with Gasteiger partial charge in [0, 0.05) is 19.1 Å². The summed E-state index contributed by atoms with van der Waals surface area (Å²) < 4.78 is 5.39. The van der Waals surface area contributed by atoms with Crippen LogP contribution in [0.3, 0.4) is 0 Å². The van der Waals surface area contributed by atoms with Crippen molar-refractivity contribution in [2.24, 2.45) is 5.92 Å². The molecule has 2 aromatic carbocycles. The summed E-state index contributed by atoms with van der Waals surface area (Å²) >= 11 is 0. The largest absolute Gasteiger partial charge is 0.497 e. The smallest absolute Gasteiger partial charge is 0.119 e. The average molecular weight is 379 g/mol. The molecular formula is C25H34N2O. The van der Waals surface area contributed by atoms with Gasteiger partial charge in [0.25, 0.3) is 0 Å². The van der Waals surface area contributed by atoms with Gasteiger partial charge in [0.15, 0.2) is 0 Å². The van der Waals surface area contributed by atoms with E-state index in [0.29, 0.717) is 0 Å². The standard InChI is InChI=1S/C25H34N2O/c1-26-14-12-21(13-15-26)16-20-6-8-22(9-7-20)18-27(24-10-11-24)19-23-4-3-5-25(17-23)28-2/h3-9,17,21,24H,10-16,18-19H2,1-2H3. The van der Waals surface area contributed by atoms with Crippen LogP contribution in [0.2, 0.25) is 0 Å². The van der Waals surface area contributed by atoms with Gasteiger partial charge in [-0.3, -0.25) is 4.90 Å². The first-order valence-electron chi connectivity index (χ1n) is 10.8. The lowest BCUT2D eigenvalue weighted by molar-refractivity contribution is 0.219. The van der Waals surface area contributed by atoms with Crippen molar-refractivity contribution in [2.45, 2.75) is 51.2 Å². The van der Waals surface area contributed by atoms with Crippen molar-refractivity contribution < 1.29 is 4.74 Å². The number of likely N-dealkylation sites (tertiary alicyclic amines) is 1. The Morgan fingerprint density at radius 3 is 2.25 bits per heavy atom. The molecule has 2 aliphatic rings. The molecule has 2 aromatic rings. The fourth-order valence-corrected chi connectivity index (χ4v) is 4.37. The highest BCUT2D eigenvalue weighted by Gasteiger charge is 2.29. The maximum absolute atomic E-state index is 5.39. The van der Waals surface area contributed by atoms with Crippen LogP contribution in [0.15, 0.2) is 48.5 Å². The SMILES string of the molecule is COc1cccc(CN(Cc2ccc(CC3CCN(C)CC3)cc2)C2CC2)c1. The molecule has 150 valence electrons. The Bertz CT molecular complexity index is 745. The number of hydrogen-bond donors (Lipinski definition) is 0. The predicted molar refractivity (Wildman–Crippen MR) is 116 cm³/mol. The van der Waals surface area contributed by atoms with Gasteiger partial charge < -0.3 is 9.64 Å². The number of methoxy groups -OCH3 is 1. The van der Waals surface area contributed by atoms with Gasteiger partial charge in [-0.15, -0.1) is 0 Å². The third-order valence-electron chi connectivity index (χ3n) is 6.35. The van der Waals surface area contributed by atoms with Crippen molar-refractivity contribution in [2.75, 3.05) is 27.2 Å². The molecule has 1 aliphatic carbocycles. The minimum Gasteiger partial charge on any atom is -0.497 e. The van der Waals surface area contributed by atoms with Gasteiger partial charge in [-0.1, -0.05) is 36.4 Å². The monoisotopic (exact) mass is 378 g/mol. The maximum atomic E-state index is 5.39. The van der Waals surface area contributed by atoms with Crippen LogP contribution in [-0.2, 0) is 19.5 Å². The molecule has 3 nitrogen and oxygen atoms in total. The first kappa shape index (κ1) is 19.5. The van der Waals surface area contributed by atoms with Crippen molar-refractivity contribution in [1.82, 2.24) is 9.80 Å². The minimum absolute atomic E-state index is 0.741. The van der Waals surface area contributed by atoms with E-state index in [1.165, 1.54) is 61.9 Å². The maximum Gasteiger partial charge on any atom is 0.119 e. The molecule has 1 saturated heterocycles. The number of rotatable bonds is 8. The fraction of sp³-hybridized carbons (Fsp3) is 0.520. The van der Waals surface area contributed by atoms with Crippen molar-refractivity contribution in [3.8, 4) is 5.75 Å². The van der Waals surface area contributed by atoms with E-state index in [2.05, 4.69) is 59.3 Å². The highest BCUT2D eigenvalue weighted by atomic mass is 16.5. The number of piperidine rings is 1. The van der Waals surface area contributed by atoms with Gasteiger partial charge in [0.05, 0.1) is 7.11 Å². The Kier molecular flexibility index (Phi) is 6.33. The van der Waals surface area contributed by atoms with E-state index >= 15 is 0 Å². The Morgan fingerprint density at radius 1 is 0.893 bits per heavy atom. The molecule has 1 saturated carbocycles. The summed E-state index contributed by atoms with van der Waals surface area (Å²) in [5.74, 6) is 1.81. The van der Waals surface area contributed by atoms with Crippen LogP contribution >= 0.6 is 0 Å². The number of hydrogen-bond acceptors (Lipinski definition) is 3. The molecule has 0 amide bonds. The Morgan fingerprint density at radius 2 is 1.57 bits per heavy atom. The third-order valence-corrected chi connectivity index (χ3v) is 6.35. The number of benzene rings is 2. The molecule has 1 aliphatic heterocycles. The Balaban J connectivity index is 1.35. The van der Waals surface area contributed by atoms with Gasteiger partial charge >= 0.3 is 0 Å². The second kappa shape index (κ2) is 9.11. The molecule has 0 unspecified atom stereocenters. The topological polar surface area (TPSA) is 15.7 Å². The molecule has 0 atom stereocenters. The second-order valence-corrected chi connectivity index (χ2v) is 8.75. The fourth-order valence-electron chi connectivity index (χ4n) is 4.37. The summed E-state index contributed by atoms with van der Waals surface area (Å²) in [5.41, 5.74) is 4.27. The van der Waals surface area contributed by atoms with Crippen LogP contribution in [0.25, 0.3) is 0 Å². The second-order valence-electron chi connectivity index (χ2n) is 8.75. The van der Waals surface area contributed by atoms with Gasteiger partial charge in [0.1, 0.15) is 5.75 Å². The van der Waals surface area contributed by atoms with Crippen LogP contribution in [0.5, 0.6) is 5.75 Å². The molecule has 1 heterocycles. The summed E-state index contributed by atoms with van der Waals surface area (Å²) in [5, 5.41) is 0. The Labute approximate surface area is 170 Å². The van der Waals surface area contributed by atoms with Gasteiger partial charge in [-0.25, -0.2) is 0 Å². The molecular weight excluding hydrogens is 344 g/mol. The first-order chi connectivity index (χ1) is 13.7. The van der Waals surface area contributed by atoms with Crippen molar-refractivity contribution >= 4 is 0 Å². The summed E-state index contributed by atoms with van der Waals surface area (Å²) in [7, 11) is 3.98. The molecule has 4 rings (SSSR count). The van der Waals surface area contributed by atoms with Gasteiger partial charge in [0.2, 0.25) is 0 Å². The molecule has 0 N–H and O–H groups in total. The lowest BCUT2D eigenvalue weighted by atomic mass is 9.90. The van der Waals surface area contributed by atoms with E-state index in [9.17, 15) is 0 Å². The molecule has 2 fully saturated rings. The van der Waals surface area contributed by atoms with E-state index < -0.39 is 0 Å². The van der Waals surface area contributed by atoms with E-state index in [4.69, 9.17) is 4.74 Å². The summed E-state index contributed by atoms with van der Waals surface area (Å²) in [6, 6.07) is 18.7. The third kappa shape index (κ3) is 5.36. The highest BCUT2D eigenvalue weighted by Crippen LogP contribution is 2.30. The summed E-state index contributed by atoms with van der Waals surface area (Å²) in [6.45, 7) is 4.54. The quantitative estimate of drug-likeness (QED) is 0.660. The van der Waals surface area contributed by atoms with E-state index in [0.717, 1.165) is 30.8 Å². The van der Waals surface area contributed by atoms with Crippen LogP contribution in [-0.4, -0.2) is 43.1 Å². The van der Waals surface area contributed by atoms with Gasteiger partial charge in [-0.05, 0) is 87.0 Å². The zero-order chi connectivity index (χ0) is 19.3. The number of ether oxygens (including phenoxy) is 1. The van der Waals surface area contributed by atoms with E-state index in [-0.39, 0.29) is 0 Å². The first-order valence-corrected chi connectivity index (χ1v) is 10.8. The van der Waals surface area contributed by atoms with Crippen molar-refractivity contribution in [3.05, 3.63) is 65.2 Å². The van der Waals surface area contributed by atoms with Gasteiger partial charge in [-0.2, -0.15) is 0 Å². The average Bonchev–Trinajstić information content (AvgIpc) is 3.56. The minimum atomic E-state index is 0.741. The normalized spacial score (nSPS) is 18.5. The van der Waals surface area contributed by atoms with Crippen LogP contribution in [0.4, 0.5) is 0 Å². The molecule has 0 aromatic heterocycles.